The molecule has 0 radical (unpaired) electrons. The van der Waals surface area contributed by atoms with Crippen molar-refractivity contribution in [2.75, 3.05) is 0 Å². The lowest BCUT2D eigenvalue weighted by molar-refractivity contribution is 0.112. The smallest absolute Gasteiger partial charge is 0.134 e. The highest BCUT2D eigenvalue weighted by atomic mass is 19.1. The van der Waals surface area contributed by atoms with Crippen molar-refractivity contribution in [2.45, 2.75) is 96.8 Å². The Balaban J connectivity index is 1.45. The van der Waals surface area contributed by atoms with Gasteiger partial charge in [-0.25, -0.2) is 8.78 Å². The van der Waals surface area contributed by atoms with E-state index in [0.717, 1.165) is 48.0 Å². The van der Waals surface area contributed by atoms with Crippen LogP contribution in [0.4, 0.5) is 8.78 Å². The van der Waals surface area contributed by atoms with Crippen molar-refractivity contribution < 1.29 is 8.78 Å². The van der Waals surface area contributed by atoms with Gasteiger partial charge in [0.1, 0.15) is 11.6 Å². The number of rotatable bonds is 8. The summed E-state index contributed by atoms with van der Waals surface area (Å²) in [6.07, 6.45) is 18.4. The first-order valence-corrected chi connectivity index (χ1v) is 13.1. The molecule has 4 unspecified atom stereocenters. The number of aryl methyl sites for hydroxylation is 1. The Kier molecular flexibility index (Phi) is 8.02. The topological polar surface area (TPSA) is 0 Å². The molecule has 0 amide bonds. The van der Waals surface area contributed by atoms with Gasteiger partial charge in [-0.3, -0.25) is 0 Å². The first kappa shape index (κ1) is 23.5. The van der Waals surface area contributed by atoms with E-state index in [1.54, 1.807) is 0 Å². The summed E-state index contributed by atoms with van der Waals surface area (Å²) in [7, 11) is 0. The minimum Gasteiger partial charge on any atom is -0.207 e. The Labute approximate surface area is 193 Å². The molecular formula is C30H40F2. The molecule has 32 heavy (non-hydrogen) atoms. The Morgan fingerprint density at radius 2 is 1.78 bits per heavy atom. The third kappa shape index (κ3) is 5.26. The molecule has 2 aromatic carbocycles. The molecule has 0 spiro atoms. The average Bonchev–Trinajstić information content (AvgIpc) is 2.80. The Hall–Kier alpha value is -1.70. The Bertz CT molecular complexity index is 928. The van der Waals surface area contributed by atoms with Gasteiger partial charge in [0.25, 0.3) is 0 Å². The van der Waals surface area contributed by atoms with Crippen LogP contribution in [0.25, 0.3) is 10.8 Å². The minimum atomic E-state index is -0.248. The van der Waals surface area contributed by atoms with Crippen molar-refractivity contribution in [2.24, 2.45) is 17.8 Å². The van der Waals surface area contributed by atoms with Gasteiger partial charge in [0.15, 0.2) is 0 Å². The van der Waals surface area contributed by atoms with Gasteiger partial charge in [-0.2, -0.15) is 0 Å². The third-order valence-electron chi connectivity index (χ3n) is 8.34. The zero-order valence-corrected chi connectivity index (χ0v) is 20.0. The lowest BCUT2D eigenvalue weighted by atomic mass is 9.63. The summed E-state index contributed by atoms with van der Waals surface area (Å²) >= 11 is 0. The third-order valence-corrected chi connectivity index (χ3v) is 8.34. The van der Waals surface area contributed by atoms with Gasteiger partial charge in [0, 0.05) is 5.39 Å². The summed E-state index contributed by atoms with van der Waals surface area (Å²) in [6.45, 7) is 4.25. The van der Waals surface area contributed by atoms with E-state index in [4.69, 9.17) is 0 Å². The summed E-state index contributed by atoms with van der Waals surface area (Å²) in [6, 6.07) is 7.29. The summed E-state index contributed by atoms with van der Waals surface area (Å²) in [4.78, 5) is 0. The van der Waals surface area contributed by atoms with Crippen molar-refractivity contribution >= 4 is 10.8 Å². The van der Waals surface area contributed by atoms with Crippen LogP contribution in [-0.4, -0.2) is 0 Å². The molecule has 0 N–H and O–H groups in total. The second-order valence-corrected chi connectivity index (χ2v) is 10.4. The molecular weight excluding hydrogens is 398 g/mol. The molecule has 0 aliphatic heterocycles. The van der Waals surface area contributed by atoms with Crippen molar-refractivity contribution in [3.8, 4) is 0 Å². The highest BCUT2D eigenvalue weighted by Crippen LogP contribution is 2.49. The van der Waals surface area contributed by atoms with Gasteiger partial charge >= 0.3 is 0 Å². The van der Waals surface area contributed by atoms with Crippen LogP contribution in [0.3, 0.4) is 0 Å². The molecule has 2 aliphatic rings. The largest absolute Gasteiger partial charge is 0.207 e. The van der Waals surface area contributed by atoms with E-state index in [1.807, 2.05) is 37.3 Å². The minimum absolute atomic E-state index is 0.210. The Morgan fingerprint density at radius 3 is 2.59 bits per heavy atom. The standard InChI is InChI=1S/C30H40F2/c1-3-5-7-9-21-11-12-24-18-25(16-14-23(24)17-21)27-19-26-15-13-22(10-8-6-4-2)30(32)28(26)20-29(27)31/h4,6,13,15,19-21,23-25H,3,5,7-12,14,16-18H2,1-2H3. The summed E-state index contributed by atoms with van der Waals surface area (Å²) in [5.74, 6) is 2.34. The van der Waals surface area contributed by atoms with E-state index >= 15 is 8.78 Å². The molecule has 4 atom stereocenters. The van der Waals surface area contributed by atoms with Crippen LogP contribution in [0.15, 0.2) is 36.4 Å². The maximum absolute atomic E-state index is 15.2. The van der Waals surface area contributed by atoms with Crippen molar-refractivity contribution in [1.29, 1.82) is 0 Å². The maximum atomic E-state index is 15.2. The zero-order valence-electron chi connectivity index (χ0n) is 20.0. The molecule has 0 bridgehead atoms. The number of halogens is 2. The molecule has 2 aliphatic carbocycles. The van der Waals surface area contributed by atoms with Gasteiger partial charge in [0.2, 0.25) is 0 Å². The van der Waals surface area contributed by atoms with E-state index in [9.17, 15) is 0 Å². The normalized spacial score (nSPS) is 26.0. The van der Waals surface area contributed by atoms with Crippen LogP contribution >= 0.6 is 0 Å². The van der Waals surface area contributed by atoms with Crippen LogP contribution < -0.4 is 0 Å². The number of fused-ring (bicyclic) bond motifs is 2. The van der Waals surface area contributed by atoms with Gasteiger partial charge in [-0.05, 0) is 104 Å². The van der Waals surface area contributed by atoms with Crippen LogP contribution in [0, 0.1) is 29.4 Å². The maximum Gasteiger partial charge on any atom is 0.134 e. The first-order valence-electron chi connectivity index (χ1n) is 13.1. The number of benzene rings is 2. The highest BCUT2D eigenvalue weighted by Gasteiger charge is 2.36. The molecule has 0 saturated heterocycles. The average molecular weight is 439 g/mol. The van der Waals surface area contributed by atoms with E-state index < -0.39 is 0 Å². The van der Waals surface area contributed by atoms with Crippen molar-refractivity contribution in [1.82, 2.24) is 0 Å². The highest BCUT2D eigenvalue weighted by molar-refractivity contribution is 5.85. The molecule has 174 valence electrons. The second kappa shape index (κ2) is 10.9. The number of allylic oxidation sites excluding steroid dienone is 2. The predicted octanol–water partition coefficient (Wildman–Crippen LogP) is 9.51. The van der Waals surface area contributed by atoms with Gasteiger partial charge < -0.3 is 0 Å². The van der Waals surface area contributed by atoms with E-state index in [2.05, 4.69) is 6.92 Å². The summed E-state index contributed by atoms with van der Waals surface area (Å²) in [5, 5.41) is 1.28. The lowest BCUT2D eigenvalue weighted by Crippen LogP contribution is -2.30. The molecule has 2 saturated carbocycles. The zero-order chi connectivity index (χ0) is 22.5. The number of hydrogen-bond acceptors (Lipinski definition) is 0. The van der Waals surface area contributed by atoms with Gasteiger partial charge in [-0.15, -0.1) is 0 Å². The van der Waals surface area contributed by atoms with Crippen molar-refractivity contribution in [3.05, 3.63) is 59.2 Å². The van der Waals surface area contributed by atoms with Crippen LogP contribution in [0.5, 0.6) is 0 Å². The Morgan fingerprint density at radius 1 is 0.969 bits per heavy atom. The first-order chi connectivity index (χ1) is 15.6. The van der Waals surface area contributed by atoms with Crippen LogP contribution in [0.2, 0.25) is 0 Å². The second-order valence-electron chi connectivity index (χ2n) is 10.4. The van der Waals surface area contributed by atoms with E-state index in [1.165, 1.54) is 57.4 Å². The molecule has 0 heterocycles. The summed E-state index contributed by atoms with van der Waals surface area (Å²) < 4.78 is 30.2. The SMILES string of the molecule is CC=CCCc1ccc2cc(C3CCC4CC(CCCCC)CCC4C3)c(F)cc2c1F. The summed E-state index contributed by atoms with van der Waals surface area (Å²) in [5.41, 5.74) is 1.50. The fourth-order valence-electron chi connectivity index (χ4n) is 6.50. The molecule has 2 heteroatoms. The number of hydrogen-bond donors (Lipinski definition) is 0. The van der Waals surface area contributed by atoms with Gasteiger partial charge in [-0.1, -0.05) is 63.3 Å². The van der Waals surface area contributed by atoms with E-state index in [0.29, 0.717) is 17.4 Å². The molecule has 2 aromatic rings. The molecule has 0 aromatic heterocycles. The fraction of sp³-hybridized carbons (Fsp3) is 0.600. The van der Waals surface area contributed by atoms with Crippen molar-refractivity contribution in [3.63, 3.8) is 0 Å². The molecule has 0 nitrogen and oxygen atoms in total. The van der Waals surface area contributed by atoms with Crippen LogP contribution in [0.1, 0.15) is 102 Å². The van der Waals surface area contributed by atoms with E-state index in [-0.39, 0.29) is 17.6 Å². The monoisotopic (exact) mass is 438 g/mol. The fourth-order valence-corrected chi connectivity index (χ4v) is 6.50. The lowest BCUT2D eigenvalue weighted by Gasteiger charge is -2.42. The number of unbranched alkanes of at least 4 members (excludes halogenated alkanes) is 2. The quantitative estimate of drug-likeness (QED) is 0.284. The van der Waals surface area contributed by atoms with Crippen LogP contribution in [-0.2, 0) is 6.42 Å². The molecule has 2 fully saturated rings. The molecule has 4 rings (SSSR count). The van der Waals surface area contributed by atoms with Gasteiger partial charge in [0.05, 0.1) is 0 Å². The predicted molar refractivity (Wildman–Crippen MR) is 132 cm³/mol.